The van der Waals surface area contributed by atoms with Crippen LogP contribution in [0, 0.1) is 5.92 Å². The largest absolute Gasteiger partial charge is 0.393 e. The lowest BCUT2D eigenvalue weighted by Gasteiger charge is -2.17. The van der Waals surface area contributed by atoms with Gasteiger partial charge < -0.3 is 9.84 Å². The van der Waals surface area contributed by atoms with Crippen LogP contribution in [-0.4, -0.2) is 24.9 Å². The number of aryl methyl sites for hydroxylation is 1. The predicted molar refractivity (Wildman–Crippen MR) is 59.7 cm³/mol. The average Bonchev–Trinajstić information content (AvgIpc) is 2.67. The number of hydrogen-bond acceptors (Lipinski definition) is 3. The second-order valence-electron chi connectivity index (χ2n) is 3.62. The van der Waals surface area contributed by atoms with Crippen molar-refractivity contribution in [2.45, 2.75) is 25.9 Å². The maximum Gasteiger partial charge on any atom is 0.0591 e. The smallest absolute Gasteiger partial charge is 0.0591 e. The normalized spacial score (nSPS) is 15.4. The van der Waals surface area contributed by atoms with Crippen LogP contribution >= 0.6 is 11.3 Å². The molecule has 0 aliphatic rings. The van der Waals surface area contributed by atoms with Crippen molar-refractivity contribution >= 4 is 11.3 Å². The van der Waals surface area contributed by atoms with Crippen molar-refractivity contribution in [3.05, 3.63) is 22.4 Å². The third-order valence-electron chi connectivity index (χ3n) is 2.35. The molecule has 0 saturated heterocycles. The fourth-order valence-electron chi connectivity index (χ4n) is 1.40. The molecule has 2 nitrogen and oxygen atoms in total. The summed E-state index contributed by atoms with van der Waals surface area (Å²) in [5, 5.41) is 11.8. The standard InChI is InChI=1S/C11H18O2S/c1-9(8-13-2)11(12)6-5-10-4-3-7-14-10/h3-4,7,9,11-12H,5-6,8H2,1-2H3. The second kappa shape index (κ2) is 6.17. The van der Waals surface area contributed by atoms with Crippen molar-refractivity contribution < 1.29 is 9.84 Å². The lowest BCUT2D eigenvalue weighted by molar-refractivity contribution is 0.0523. The molecule has 0 aliphatic heterocycles. The van der Waals surface area contributed by atoms with E-state index in [9.17, 15) is 5.11 Å². The Bertz CT molecular complexity index is 233. The van der Waals surface area contributed by atoms with Gasteiger partial charge in [-0.3, -0.25) is 0 Å². The zero-order chi connectivity index (χ0) is 10.4. The first-order chi connectivity index (χ1) is 6.74. The van der Waals surface area contributed by atoms with Crippen molar-refractivity contribution in [1.29, 1.82) is 0 Å². The molecule has 0 aliphatic carbocycles. The molecule has 0 radical (unpaired) electrons. The van der Waals surface area contributed by atoms with E-state index in [2.05, 4.69) is 11.4 Å². The van der Waals surface area contributed by atoms with Gasteiger partial charge in [0, 0.05) is 17.9 Å². The van der Waals surface area contributed by atoms with Crippen molar-refractivity contribution in [3.63, 3.8) is 0 Å². The summed E-state index contributed by atoms with van der Waals surface area (Å²) in [4.78, 5) is 1.34. The maximum atomic E-state index is 9.77. The molecule has 3 heteroatoms. The fraction of sp³-hybridized carbons (Fsp3) is 0.636. The van der Waals surface area contributed by atoms with Crippen molar-refractivity contribution in [3.8, 4) is 0 Å². The predicted octanol–water partition coefficient (Wildman–Crippen LogP) is 2.32. The summed E-state index contributed by atoms with van der Waals surface area (Å²) in [6, 6.07) is 4.16. The lowest BCUT2D eigenvalue weighted by atomic mass is 10.0. The maximum absolute atomic E-state index is 9.77. The molecule has 2 atom stereocenters. The fourth-order valence-corrected chi connectivity index (χ4v) is 2.13. The van der Waals surface area contributed by atoms with E-state index in [-0.39, 0.29) is 12.0 Å². The molecule has 0 spiro atoms. The SMILES string of the molecule is COCC(C)C(O)CCc1cccs1. The van der Waals surface area contributed by atoms with E-state index in [0.717, 1.165) is 12.8 Å². The van der Waals surface area contributed by atoms with Gasteiger partial charge in [-0.15, -0.1) is 11.3 Å². The molecule has 0 amide bonds. The van der Waals surface area contributed by atoms with E-state index < -0.39 is 0 Å². The third-order valence-corrected chi connectivity index (χ3v) is 3.29. The minimum atomic E-state index is -0.253. The summed E-state index contributed by atoms with van der Waals surface area (Å²) < 4.78 is 5.00. The molecule has 80 valence electrons. The van der Waals surface area contributed by atoms with Crippen molar-refractivity contribution in [1.82, 2.24) is 0 Å². The van der Waals surface area contributed by atoms with E-state index in [1.54, 1.807) is 18.4 Å². The Kier molecular flexibility index (Phi) is 5.15. The van der Waals surface area contributed by atoms with Gasteiger partial charge in [0.25, 0.3) is 0 Å². The Labute approximate surface area is 89.5 Å². The van der Waals surface area contributed by atoms with Gasteiger partial charge in [-0.25, -0.2) is 0 Å². The Morgan fingerprint density at radius 1 is 1.57 bits per heavy atom. The van der Waals surface area contributed by atoms with E-state index in [1.165, 1.54) is 4.88 Å². The molecule has 0 aromatic carbocycles. The summed E-state index contributed by atoms with van der Waals surface area (Å²) in [5.74, 6) is 0.222. The van der Waals surface area contributed by atoms with Gasteiger partial charge in [-0.2, -0.15) is 0 Å². The number of hydrogen-bond donors (Lipinski definition) is 1. The molecule has 0 saturated carbocycles. The molecule has 1 aromatic rings. The lowest BCUT2D eigenvalue weighted by Crippen LogP contribution is -2.22. The summed E-state index contributed by atoms with van der Waals surface area (Å²) in [5.41, 5.74) is 0. The van der Waals surface area contributed by atoms with Gasteiger partial charge in [-0.05, 0) is 24.3 Å². The Hall–Kier alpha value is -0.380. The van der Waals surface area contributed by atoms with Crippen molar-refractivity contribution in [2.24, 2.45) is 5.92 Å². The van der Waals surface area contributed by atoms with Crippen LogP contribution in [0.5, 0.6) is 0 Å². The summed E-state index contributed by atoms with van der Waals surface area (Å²) in [6.45, 7) is 2.65. The molecule has 0 bridgehead atoms. The van der Waals surface area contributed by atoms with Crippen LogP contribution in [-0.2, 0) is 11.2 Å². The molecule has 1 heterocycles. The molecular weight excluding hydrogens is 196 g/mol. The van der Waals surface area contributed by atoms with Crippen molar-refractivity contribution in [2.75, 3.05) is 13.7 Å². The third kappa shape index (κ3) is 3.78. The molecule has 0 fully saturated rings. The number of ether oxygens (including phenoxy) is 1. The van der Waals surface area contributed by atoms with E-state index in [4.69, 9.17) is 4.74 Å². The molecule has 2 unspecified atom stereocenters. The topological polar surface area (TPSA) is 29.5 Å². The van der Waals surface area contributed by atoms with Crippen LogP contribution in [0.3, 0.4) is 0 Å². The van der Waals surface area contributed by atoms with Crippen LogP contribution in [0.15, 0.2) is 17.5 Å². The van der Waals surface area contributed by atoms with Crippen LogP contribution in [0.1, 0.15) is 18.2 Å². The van der Waals surface area contributed by atoms with Crippen LogP contribution in [0.4, 0.5) is 0 Å². The quantitative estimate of drug-likeness (QED) is 0.787. The number of aliphatic hydroxyl groups excluding tert-OH is 1. The minimum absolute atomic E-state index is 0.222. The first-order valence-electron chi connectivity index (χ1n) is 4.93. The molecule has 1 rings (SSSR count). The molecule has 1 N–H and O–H groups in total. The first kappa shape index (κ1) is 11.7. The number of rotatable bonds is 6. The van der Waals surface area contributed by atoms with Gasteiger partial charge in [-0.1, -0.05) is 13.0 Å². The van der Waals surface area contributed by atoms with Gasteiger partial charge in [0.2, 0.25) is 0 Å². The highest BCUT2D eigenvalue weighted by Crippen LogP contribution is 2.15. The highest BCUT2D eigenvalue weighted by molar-refractivity contribution is 7.09. The van der Waals surface area contributed by atoms with E-state index >= 15 is 0 Å². The summed E-state index contributed by atoms with van der Waals surface area (Å²) >= 11 is 1.75. The summed E-state index contributed by atoms with van der Waals surface area (Å²) in [7, 11) is 1.67. The Morgan fingerprint density at radius 3 is 2.93 bits per heavy atom. The van der Waals surface area contributed by atoms with Crippen LogP contribution in [0.25, 0.3) is 0 Å². The highest BCUT2D eigenvalue weighted by atomic mass is 32.1. The molecule has 14 heavy (non-hydrogen) atoms. The highest BCUT2D eigenvalue weighted by Gasteiger charge is 2.13. The minimum Gasteiger partial charge on any atom is -0.393 e. The monoisotopic (exact) mass is 214 g/mol. The van der Waals surface area contributed by atoms with Gasteiger partial charge >= 0.3 is 0 Å². The number of thiophene rings is 1. The van der Waals surface area contributed by atoms with Crippen LogP contribution in [0.2, 0.25) is 0 Å². The Morgan fingerprint density at radius 2 is 2.36 bits per heavy atom. The molecule has 1 aromatic heterocycles. The zero-order valence-corrected chi connectivity index (χ0v) is 9.59. The van der Waals surface area contributed by atoms with Gasteiger partial charge in [0.05, 0.1) is 12.7 Å². The molecular formula is C11H18O2S. The Balaban J connectivity index is 2.24. The van der Waals surface area contributed by atoms with E-state index in [1.807, 2.05) is 13.0 Å². The van der Waals surface area contributed by atoms with Gasteiger partial charge in [0.1, 0.15) is 0 Å². The van der Waals surface area contributed by atoms with E-state index in [0.29, 0.717) is 6.61 Å². The van der Waals surface area contributed by atoms with Gasteiger partial charge in [0.15, 0.2) is 0 Å². The zero-order valence-electron chi connectivity index (χ0n) is 8.77. The van der Waals surface area contributed by atoms with Crippen LogP contribution < -0.4 is 0 Å². The summed E-state index contributed by atoms with van der Waals surface area (Å²) in [6.07, 6.45) is 1.54. The first-order valence-corrected chi connectivity index (χ1v) is 5.81. The number of methoxy groups -OCH3 is 1. The number of aliphatic hydroxyl groups is 1. The average molecular weight is 214 g/mol. The second-order valence-corrected chi connectivity index (χ2v) is 4.65.